The fourth-order valence-electron chi connectivity index (χ4n) is 8.11. The average Bonchev–Trinajstić information content (AvgIpc) is 3.62. The van der Waals surface area contributed by atoms with Gasteiger partial charge in [0.2, 0.25) is 0 Å². The molecule has 0 aliphatic heterocycles. The molecule has 2 aliphatic carbocycles. The Kier molecular flexibility index (Phi) is 5.53. The van der Waals surface area contributed by atoms with E-state index in [2.05, 4.69) is 152 Å². The van der Waals surface area contributed by atoms with E-state index in [1.165, 1.54) is 55.6 Å². The van der Waals surface area contributed by atoms with E-state index in [-0.39, 0.29) is 5.41 Å². The van der Waals surface area contributed by atoms with Gasteiger partial charge in [0.05, 0.1) is 16.6 Å². The molecule has 8 aromatic rings. The van der Waals surface area contributed by atoms with Gasteiger partial charge in [-0.2, -0.15) is 0 Å². The van der Waals surface area contributed by atoms with Crippen LogP contribution in [-0.4, -0.2) is 9.97 Å². The second-order valence-corrected chi connectivity index (χ2v) is 12.5. The third kappa shape index (κ3) is 3.67. The maximum atomic E-state index is 5.08. The number of hydrogen-bond acceptors (Lipinski definition) is 2. The topological polar surface area (TPSA) is 25.8 Å². The van der Waals surface area contributed by atoms with Crippen LogP contribution in [0.3, 0.4) is 0 Å². The summed E-state index contributed by atoms with van der Waals surface area (Å²) in [5, 5.41) is 1.06. The summed E-state index contributed by atoms with van der Waals surface area (Å²) in [5.74, 6) is 0.734. The fourth-order valence-corrected chi connectivity index (χ4v) is 8.11. The van der Waals surface area contributed by atoms with E-state index in [1.807, 2.05) is 18.2 Å². The van der Waals surface area contributed by atoms with Gasteiger partial charge in [-0.3, -0.25) is 0 Å². The Morgan fingerprint density at radius 1 is 0.340 bits per heavy atom. The summed E-state index contributed by atoms with van der Waals surface area (Å²) < 4.78 is 0. The van der Waals surface area contributed by atoms with Crippen molar-refractivity contribution in [2.24, 2.45) is 0 Å². The van der Waals surface area contributed by atoms with E-state index in [1.54, 1.807) is 0 Å². The number of rotatable bonds is 3. The zero-order valence-electron chi connectivity index (χ0n) is 25.6. The van der Waals surface area contributed by atoms with E-state index >= 15 is 0 Å². The highest BCUT2D eigenvalue weighted by molar-refractivity contribution is 5.96. The highest BCUT2D eigenvalue weighted by Gasteiger charge is 2.51. The Morgan fingerprint density at radius 2 is 0.851 bits per heavy atom. The molecule has 2 heteroatoms. The number of hydrogen-bond donors (Lipinski definition) is 0. The van der Waals surface area contributed by atoms with Crippen LogP contribution in [0.2, 0.25) is 0 Å². The molecule has 0 saturated heterocycles. The quantitative estimate of drug-likeness (QED) is 0.203. The lowest BCUT2D eigenvalue weighted by Crippen LogP contribution is -2.25. The second kappa shape index (κ2) is 9.94. The molecule has 10 rings (SSSR count). The molecule has 0 atom stereocenters. The second-order valence-electron chi connectivity index (χ2n) is 12.5. The van der Waals surface area contributed by atoms with Crippen LogP contribution in [0, 0.1) is 0 Å². The van der Waals surface area contributed by atoms with Crippen molar-refractivity contribution in [1.29, 1.82) is 0 Å². The van der Waals surface area contributed by atoms with Gasteiger partial charge in [-0.15, -0.1) is 0 Å². The van der Waals surface area contributed by atoms with Crippen LogP contribution in [0.4, 0.5) is 0 Å². The predicted molar refractivity (Wildman–Crippen MR) is 192 cm³/mol. The Morgan fingerprint density at radius 3 is 1.53 bits per heavy atom. The fraction of sp³-hybridized carbons (Fsp3) is 0.0222. The standard InChI is InChI=1S/C45H28N2/c1-2-12-30(13-3-1)43-36-17-7-11-21-42(36)46-44(47-43)31-24-22-29(23-25-31)32-26-27-41-37(28-32)35-16-6-10-20-40(35)45(41)38-18-8-4-14-33(38)34-15-5-9-19-39(34)45/h1-28H. The molecule has 218 valence electrons. The lowest BCUT2D eigenvalue weighted by molar-refractivity contribution is 0.794. The molecule has 7 aromatic carbocycles. The molecule has 2 aliphatic rings. The van der Waals surface area contributed by atoms with E-state index < -0.39 is 0 Å². The van der Waals surface area contributed by atoms with Gasteiger partial charge >= 0.3 is 0 Å². The first-order chi connectivity index (χ1) is 23.3. The zero-order chi connectivity index (χ0) is 31.0. The van der Waals surface area contributed by atoms with Gasteiger partial charge in [0.15, 0.2) is 5.82 Å². The normalized spacial score (nSPS) is 13.3. The lowest BCUT2D eigenvalue weighted by Gasteiger charge is -2.30. The first-order valence-electron chi connectivity index (χ1n) is 16.2. The molecule has 0 amide bonds. The summed E-state index contributed by atoms with van der Waals surface area (Å²) in [6, 6.07) is 61.3. The van der Waals surface area contributed by atoms with Gasteiger partial charge in [0.1, 0.15) is 0 Å². The molecule has 1 aromatic heterocycles. The summed E-state index contributed by atoms with van der Waals surface area (Å²) in [5.41, 5.74) is 16.8. The van der Waals surface area contributed by atoms with Crippen LogP contribution in [-0.2, 0) is 5.41 Å². The maximum absolute atomic E-state index is 5.08. The van der Waals surface area contributed by atoms with Gasteiger partial charge in [-0.1, -0.05) is 158 Å². The molecular weight excluding hydrogens is 569 g/mol. The minimum atomic E-state index is -0.314. The Balaban J connectivity index is 1.10. The van der Waals surface area contributed by atoms with Crippen molar-refractivity contribution in [3.8, 4) is 56.0 Å². The van der Waals surface area contributed by atoms with E-state index in [9.17, 15) is 0 Å². The molecule has 0 saturated carbocycles. The minimum absolute atomic E-state index is 0.314. The summed E-state index contributed by atoms with van der Waals surface area (Å²) >= 11 is 0. The highest BCUT2D eigenvalue weighted by atomic mass is 14.9. The monoisotopic (exact) mass is 596 g/mol. The zero-order valence-corrected chi connectivity index (χ0v) is 25.6. The summed E-state index contributed by atoms with van der Waals surface area (Å²) in [6.07, 6.45) is 0. The highest BCUT2D eigenvalue weighted by Crippen LogP contribution is 2.62. The largest absolute Gasteiger partial charge is 0.228 e. The summed E-state index contributed by atoms with van der Waals surface area (Å²) in [6.45, 7) is 0. The molecular formula is C45H28N2. The predicted octanol–water partition coefficient (Wildman–Crippen LogP) is 11.0. The van der Waals surface area contributed by atoms with Crippen molar-refractivity contribution in [2.75, 3.05) is 0 Å². The van der Waals surface area contributed by atoms with Crippen LogP contribution in [0.5, 0.6) is 0 Å². The average molecular weight is 597 g/mol. The van der Waals surface area contributed by atoms with E-state index in [0.717, 1.165) is 33.5 Å². The van der Waals surface area contributed by atoms with Crippen molar-refractivity contribution in [3.63, 3.8) is 0 Å². The molecule has 0 radical (unpaired) electrons. The molecule has 1 spiro atoms. The number of aromatic nitrogens is 2. The Hall–Kier alpha value is -6.12. The van der Waals surface area contributed by atoms with E-state index in [0.29, 0.717) is 0 Å². The van der Waals surface area contributed by atoms with Gasteiger partial charge in [0, 0.05) is 16.5 Å². The molecule has 47 heavy (non-hydrogen) atoms. The molecule has 1 heterocycles. The number of fused-ring (bicyclic) bond motifs is 11. The molecule has 2 nitrogen and oxygen atoms in total. The molecule has 0 N–H and O–H groups in total. The molecule has 0 bridgehead atoms. The first kappa shape index (κ1) is 26.1. The van der Waals surface area contributed by atoms with Gasteiger partial charge in [-0.05, 0) is 67.8 Å². The lowest BCUT2D eigenvalue weighted by atomic mass is 9.70. The first-order valence-corrected chi connectivity index (χ1v) is 16.2. The maximum Gasteiger partial charge on any atom is 0.160 e. The van der Waals surface area contributed by atoms with Crippen molar-refractivity contribution in [3.05, 3.63) is 192 Å². The Labute approximate surface area is 273 Å². The van der Waals surface area contributed by atoms with Crippen molar-refractivity contribution >= 4 is 10.9 Å². The summed E-state index contributed by atoms with van der Waals surface area (Å²) in [4.78, 5) is 10.1. The Bertz CT molecular complexity index is 2470. The molecule has 0 unspecified atom stereocenters. The third-order valence-corrected chi connectivity index (χ3v) is 10.1. The van der Waals surface area contributed by atoms with E-state index in [4.69, 9.17) is 9.97 Å². The van der Waals surface area contributed by atoms with Crippen LogP contribution >= 0.6 is 0 Å². The van der Waals surface area contributed by atoms with Crippen molar-refractivity contribution < 1.29 is 0 Å². The third-order valence-electron chi connectivity index (χ3n) is 10.1. The van der Waals surface area contributed by atoms with Gasteiger partial charge in [0.25, 0.3) is 0 Å². The summed E-state index contributed by atoms with van der Waals surface area (Å²) in [7, 11) is 0. The van der Waals surface area contributed by atoms with Crippen LogP contribution in [0.1, 0.15) is 22.3 Å². The van der Waals surface area contributed by atoms with Crippen LogP contribution in [0.15, 0.2) is 170 Å². The van der Waals surface area contributed by atoms with Crippen molar-refractivity contribution in [1.82, 2.24) is 9.97 Å². The minimum Gasteiger partial charge on any atom is -0.228 e. The number of para-hydroxylation sites is 1. The number of nitrogens with zero attached hydrogens (tertiary/aromatic N) is 2. The SMILES string of the molecule is c1ccc(-c2nc(-c3ccc(-c4ccc5c(c4)-c4ccccc4C54c5ccccc5-c5ccccc54)cc3)nc3ccccc23)cc1. The number of benzene rings is 7. The smallest absolute Gasteiger partial charge is 0.160 e. The van der Waals surface area contributed by atoms with Crippen LogP contribution in [0.25, 0.3) is 66.9 Å². The van der Waals surface area contributed by atoms with Gasteiger partial charge < -0.3 is 0 Å². The molecule has 0 fully saturated rings. The van der Waals surface area contributed by atoms with Crippen molar-refractivity contribution in [2.45, 2.75) is 5.41 Å². The van der Waals surface area contributed by atoms with Gasteiger partial charge in [-0.25, -0.2) is 9.97 Å². The van der Waals surface area contributed by atoms with Crippen LogP contribution < -0.4 is 0 Å².